The van der Waals surface area contributed by atoms with Crippen LogP contribution in [0.3, 0.4) is 0 Å². The van der Waals surface area contributed by atoms with Crippen LogP contribution < -0.4 is 4.74 Å². The van der Waals surface area contributed by atoms with E-state index < -0.39 is 0 Å². The van der Waals surface area contributed by atoms with Crippen molar-refractivity contribution in [2.24, 2.45) is 0 Å². The number of ether oxygens (including phenoxy) is 1. The zero-order chi connectivity index (χ0) is 16.5. The van der Waals surface area contributed by atoms with E-state index in [1.165, 1.54) is 24.0 Å². The van der Waals surface area contributed by atoms with Gasteiger partial charge in [0.2, 0.25) is 0 Å². The number of unbranched alkanes of at least 4 members (excludes halogenated alkanes) is 1. The quantitative estimate of drug-likeness (QED) is 0.526. The van der Waals surface area contributed by atoms with Crippen molar-refractivity contribution in [3.63, 3.8) is 0 Å². The number of methoxy groups -OCH3 is 1. The number of hydrogen-bond acceptors (Lipinski definition) is 4. The highest BCUT2D eigenvalue weighted by molar-refractivity contribution is 7.96. The molecule has 0 aliphatic carbocycles. The molecule has 0 bridgehead atoms. The van der Waals surface area contributed by atoms with Crippen LogP contribution in [-0.4, -0.2) is 22.3 Å². The molecule has 1 N–H and O–H groups in total. The fourth-order valence-corrected chi connectivity index (χ4v) is 3.38. The van der Waals surface area contributed by atoms with Crippen molar-refractivity contribution in [2.45, 2.75) is 32.9 Å². The maximum absolute atomic E-state index is 9.42. The van der Waals surface area contributed by atoms with Crippen LogP contribution in [0.25, 0.3) is 0 Å². The topological polar surface area (TPSA) is 32.7 Å². The highest BCUT2D eigenvalue weighted by atomic mass is 32.2. The van der Waals surface area contributed by atoms with E-state index in [0.717, 1.165) is 24.6 Å². The van der Waals surface area contributed by atoms with Gasteiger partial charge in [0.1, 0.15) is 11.5 Å². The van der Waals surface area contributed by atoms with Gasteiger partial charge in [0.15, 0.2) is 0 Å². The summed E-state index contributed by atoms with van der Waals surface area (Å²) in [4.78, 5) is 0. The first-order chi connectivity index (χ1) is 11.2. The molecule has 0 saturated heterocycles. The Morgan fingerprint density at radius 1 is 0.957 bits per heavy atom. The normalized spacial score (nSPS) is 10.9. The lowest BCUT2D eigenvalue weighted by Crippen LogP contribution is -2.15. The fourth-order valence-electron chi connectivity index (χ4n) is 2.22. The molecule has 23 heavy (non-hydrogen) atoms. The molecule has 0 radical (unpaired) electrons. The molecule has 0 aromatic heterocycles. The predicted molar refractivity (Wildman–Crippen MR) is 97.7 cm³/mol. The standard InChI is InChI=1S/C19H25NO2S/c1-3-4-13-23-20(14-16-5-9-18(21)10-6-16)15-17-7-11-19(22-2)12-8-17/h5-12,21H,3-4,13-15H2,1-2H3. The summed E-state index contributed by atoms with van der Waals surface area (Å²) in [6.07, 6.45) is 2.43. The minimum absolute atomic E-state index is 0.314. The van der Waals surface area contributed by atoms with Crippen molar-refractivity contribution in [3.8, 4) is 11.5 Å². The van der Waals surface area contributed by atoms with E-state index in [2.05, 4.69) is 23.4 Å². The van der Waals surface area contributed by atoms with Crippen LogP contribution in [0, 0.1) is 0 Å². The van der Waals surface area contributed by atoms with Crippen LogP contribution in [0.5, 0.6) is 11.5 Å². The maximum atomic E-state index is 9.42. The second-order valence-electron chi connectivity index (χ2n) is 5.50. The molecule has 2 aromatic carbocycles. The Balaban J connectivity index is 2.01. The third-order valence-corrected chi connectivity index (χ3v) is 4.68. The molecular formula is C19H25NO2S. The molecule has 2 aromatic rings. The number of nitrogens with zero attached hydrogens (tertiary/aromatic N) is 1. The van der Waals surface area contributed by atoms with Gasteiger partial charge in [-0.3, -0.25) is 0 Å². The van der Waals surface area contributed by atoms with Gasteiger partial charge in [-0.25, -0.2) is 4.31 Å². The maximum Gasteiger partial charge on any atom is 0.118 e. The number of phenols is 1. The monoisotopic (exact) mass is 331 g/mol. The van der Waals surface area contributed by atoms with Crippen LogP contribution in [0.1, 0.15) is 30.9 Å². The summed E-state index contributed by atoms with van der Waals surface area (Å²) >= 11 is 1.89. The molecule has 0 aliphatic rings. The second-order valence-corrected chi connectivity index (χ2v) is 6.68. The Morgan fingerprint density at radius 3 is 2.04 bits per heavy atom. The third kappa shape index (κ3) is 6.16. The lowest BCUT2D eigenvalue weighted by atomic mass is 10.2. The van der Waals surface area contributed by atoms with Gasteiger partial charge in [0.25, 0.3) is 0 Å². The Kier molecular flexibility index (Phi) is 7.30. The van der Waals surface area contributed by atoms with Crippen LogP contribution in [0.2, 0.25) is 0 Å². The van der Waals surface area contributed by atoms with Crippen LogP contribution in [0.4, 0.5) is 0 Å². The van der Waals surface area contributed by atoms with E-state index in [-0.39, 0.29) is 0 Å². The van der Waals surface area contributed by atoms with Gasteiger partial charge < -0.3 is 9.84 Å². The smallest absolute Gasteiger partial charge is 0.118 e. The fraction of sp³-hybridized carbons (Fsp3) is 0.368. The van der Waals surface area contributed by atoms with E-state index in [1.807, 2.05) is 36.2 Å². The van der Waals surface area contributed by atoms with Crippen molar-refractivity contribution >= 4 is 11.9 Å². The van der Waals surface area contributed by atoms with Crippen molar-refractivity contribution in [1.82, 2.24) is 4.31 Å². The van der Waals surface area contributed by atoms with Gasteiger partial charge in [-0.15, -0.1) is 0 Å². The summed E-state index contributed by atoms with van der Waals surface area (Å²) in [5, 5.41) is 9.42. The van der Waals surface area contributed by atoms with E-state index in [1.54, 1.807) is 19.2 Å². The van der Waals surface area contributed by atoms with Gasteiger partial charge in [-0.1, -0.05) is 49.6 Å². The Bertz CT molecular complexity index is 569. The average molecular weight is 331 g/mol. The van der Waals surface area contributed by atoms with E-state index >= 15 is 0 Å². The van der Waals surface area contributed by atoms with Crippen LogP contribution in [-0.2, 0) is 13.1 Å². The molecule has 0 amide bonds. The molecular weight excluding hydrogens is 306 g/mol. The second kappa shape index (κ2) is 9.48. The molecule has 0 atom stereocenters. The van der Waals surface area contributed by atoms with Crippen molar-refractivity contribution in [2.75, 3.05) is 12.9 Å². The lowest BCUT2D eigenvalue weighted by molar-refractivity contribution is 0.414. The summed E-state index contributed by atoms with van der Waals surface area (Å²) < 4.78 is 7.60. The Hall–Kier alpha value is -1.65. The summed E-state index contributed by atoms with van der Waals surface area (Å²) in [5.74, 6) is 2.33. The first-order valence-corrected chi connectivity index (χ1v) is 8.94. The molecule has 0 heterocycles. The summed E-state index contributed by atoms with van der Waals surface area (Å²) in [7, 11) is 1.69. The molecule has 0 aliphatic heterocycles. The van der Waals surface area contributed by atoms with Gasteiger partial charge in [-0.05, 0) is 41.8 Å². The number of aromatic hydroxyl groups is 1. The zero-order valence-corrected chi connectivity index (χ0v) is 14.7. The minimum Gasteiger partial charge on any atom is -0.508 e. The molecule has 2 rings (SSSR count). The first kappa shape index (κ1) is 17.7. The molecule has 4 heteroatoms. The average Bonchev–Trinajstić information content (AvgIpc) is 2.58. The van der Waals surface area contributed by atoms with E-state index in [4.69, 9.17) is 4.74 Å². The predicted octanol–water partition coefficient (Wildman–Crippen LogP) is 4.85. The van der Waals surface area contributed by atoms with Crippen LogP contribution in [0.15, 0.2) is 48.5 Å². The number of phenolic OH excluding ortho intramolecular Hbond substituents is 1. The minimum atomic E-state index is 0.314. The Labute approximate surface area is 143 Å². The van der Waals surface area contributed by atoms with Gasteiger partial charge in [0.05, 0.1) is 7.11 Å². The Morgan fingerprint density at radius 2 is 1.52 bits per heavy atom. The molecule has 124 valence electrons. The van der Waals surface area contributed by atoms with Gasteiger partial charge >= 0.3 is 0 Å². The van der Waals surface area contributed by atoms with Gasteiger partial charge in [-0.2, -0.15) is 0 Å². The SMILES string of the molecule is CCCCSN(Cc1ccc(O)cc1)Cc1ccc(OC)cc1. The molecule has 0 spiro atoms. The molecule has 0 unspecified atom stereocenters. The van der Waals surface area contributed by atoms with E-state index in [0.29, 0.717) is 5.75 Å². The largest absolute Gasteiger partial charge is 0.508 e. The molecule has 3 nitrogen and oxygen atoms in total. The van der Waals surface area contributed by atoms with Gasteiger partial charge in [0, 0.05) is 18.8 Å². The third-order valence-electron chi connectivity index (χ3n) is 3.59. The lowest BCUT2D eigenvalue weighted by Gasteiger charge is -2.21. The summed E-state index contributed by atoms with van der Waals surface area (Å²) in [5.41, 5.74) is 2.48. The first-order valence-electron chi connectivity index (χ1n) is 8.00. The molecule has 0 fully saturated rings. The number of hydrogen-bond donors (Lipinski definition) is 1. The van der Waals surface area contributed by atoms with Crippen molar-refractivity contribution in [1.29, 1.82) is 0 Å². The molecule has 0 saturated carbocycles. The van der Waals surface area contributed by atoms with E-state index in [9.17, 15) is 5.11 Å². The van der Waals surface area contributed by atoms with Crippen LogP contribution >= 0.6 is 11.9 Å². The number of benzene rings is 2. The van der Waals surface area contributed by atoms with Crippen molar-refractivity contribution < 1.29 is 9.84 Å². The highest BCUT2D eigenvalue weighted by Gasteiger charge is 2.08. The van der Waals surface area contributed by atoms with Crippen molar-refractivity contribution in [3.05, 3.63) is 59.7 Å². The number of rotatable bonds is 9. The summed E-state index contributed by atoms with van der Waals surface area (Å²) in [6.45, 7) is 3.97. The summed E-state index contributed by atoms with van der Waals surface area (Å²) in [6, 6.07) is 15.7. The highest BCUT2D eigenvalue weighted by Crippen LogP contribution is 2.22. The zero-order valence-electron chi connectivity index (χ0n) is 13.9.